The third-order valence-electron chi connectivity index (χ3n) is 3.11. The summed E-state index contributed by atoms with van der Waals surface area (Å²) in [5.74, 6) is 0.496. The number of amides is 1. The molecule has 2 rings (SSSR count). The number of carbonyl (C=O) groups is 1. The lowest BCUT2D eigenvalue weighted by Crippen LogP contribution is -2.50. The Morgan fingerprint density at radius 1 is 1.69 bits per heavy atom. The van der Waals surface area contributed by atoms with E-state index in [0.717, 1.165) is 19.5 Å². The maximum atomic E-state index is 11.9. The van der Waals surface area contributed by atoms with E-state index in [1.165, 1.54) is 0 Å². The van der Waals surface area contributed by atoms with Crippen LogP contribution in [0.3, 0.4) is 0 Å². The highest BCUT2D eigenvalue weighted by Crippen LogP contribution is 2.11. The second-order valence-electron chi connectivity index (χ2n) is 4.45. The average Bonchev–Trinajstić information content (AvgIpc) is 2.68. The number of nitrogens with one attached hydrogen (secondary N) is 2. The van der Waals surface area contributed by atoms with Crippen LogP contribution in [0.2, 0.25) is 0 Å². The minimum atomic E-state index is -0.0337. The summed E-state index contributed by atoms with van der Waals surface area (Å²) < 4.78 is 1.64. The molecule has 0 bridgehead atoms. The minimum Gasteiger partial charge on any atom is -0.348 e. The van der Waals surface area contributed by atoms with Crippen molar-refractivity contribution in [2.24, 2.45) is 13.0 Å². The van der Waals surface area contributed by atoms with Crippen LogP contribution in [0.4, 0.5) is 0 Å². The van der Waals surface area contributed by atoms with Crippen LogP contribution in [0, 0.1) is 5.92 Å². The van der Waals surface area contributed by atoms with Crippen molar-refractivity contribution in [1.29, 1.82) is 0 Å². The van der Waals surface area contributed by atoms with Crippen molar-refractivity contribution in [3.05, 3.63) is 18.0 Å². The maximum absolute atomic E-state index is 11.9. The average molecular weight is 222 g/mol. The van der Waals surface area contributed by atoms with Crippen molar-refractivity contribution < 1.29 is 4.79 Å². The van der Waals surface area contributed by atoms with E-state index >= 15 is 0 Å². The molecule has 1 fully saturated rings. The van der Waals surface area contributed by atoms with Gasteiger partial charge in [-0.3, -0.25) is 9.48 Å². The molecule has 2 N–H and O–H groups in total. The molecular formula is C11H18N4O. The van der Waals surface area contributed by atoms with E-state index in [0.29, 0.717) is 11.5 Å². The number of carbonyl (C=O) groups excluding carboxylic acids is 1. The molecule has 0 radical (unpaired) electrons. The Morgan fingerprint density at radius 2 is 2.50 bits per heavy atom. The summed E-state index contributed by atoms with van der Waals surface area (Å²) in [6.45, 7) is 4.07. The molecule has 16 heavy (non-hydrogen) atoms. The molecule has 0 aliphatic carbocycles. The van der Waals surface area contributed by atoms with E-state index in [2.05, 4.69) is 22.7 Å². The Morgan fingerprint density at radius 3 is 3.12 bits per heavy atom. The molecule has 2 heterocycles. The Labute approximate surface area is 95.2 Å². The first-order valence-corrected chi connectivity index (χ1v) is 5.67. The molecule has 2 unspecified atom stereocenters. The van der Waals surface area contributed by atoms with E-state index < -0.39 is 0 Å². The zero-order valence-electron chi connectivity index (χ0n) is 9.73. The van der Waals surface area contributed by atoms with Crippen LogP contribution < -0.4 is 10.6 Å². The molecule has 1 amide bonds. The molecule has 88 valence electrons. The molecule has 1 aromatic rings. The molecule has 0 aromatic carbocycles. The normalized spacial score (nSPS) is 25.4. The number of piperidine rings is 1. The van der Waals surface area contributed by atoms with Gasteiger partial charge in [0.25, 0.3) is 5.91 Å². The Balaban J connectivity index is 1.96. The number of rotatable bonds is 2. The number of aryl methyl sites for hydroxylation is 1. The Bertz CT molecular complexity index is 374. The summed E-state index contributed by atoms with van der Waals surface area (Å²) in [5, 5.41) is 10.3. The topological polar surface area (TPSA) is 58.9 Å². The van der Waals surface area contributed by atoms with Gasteiger partial charge in [0.2, 0.25) is 0 Å². The third kappa shape index (κ3) is 2.41. The van der Waals surface area contributed by atoms with Gasteiger partial charge in [-0.15, -0.1) is 0 Å². The summed E-state index contributed by atoms with van der Waals surface area (Å²) in [6.07, 6.45) is 4.44. The van der Waals surface area contributed by atoms with Gasteiger partial charge in [-0.1, -0.05) is 6.92 Å². The van der Waals surface area contributed by atoms with Crippen LogP contribution >= 0.6 is 0 Å². The van der Waals surface area contributed by atoms with Gasteiger partial charge in [-0.2, -0.15) is 5.10 Å². The van der Waals surface area contributed by atoms with Gasteiger partial charge in [0.1, 0.15) is 0 Å². The SMILES string of the molecule is CC1CCNCC1NC(=O)c1cnn(C)c1. The highest BCUT2D eigenvalue weighted by Gasteiger charge is 2.23. The third-order valence-corrected chi connectivity index (χ3v) is 3.11. The summed E-state index contributed by atoms with van der Waals surface area (Å²) in [7, 11) is 1.81. The number of hydrogen-bond acceptors (Lipinski definition) is 3. The van der Waals surface area contributed by atoms with Crippen molar-refractivity contribution in [1.82, 2.24) is 20.4 Å². The monoisotopic (exact) mass is 222 g/mol. The van der Waals surface area contributed by atoms with Gasteiger partial charge < -0.3 is 10.6 Å². The number of nitrogens with zero attached hydrogens (tertiary/aromatic N) is 2. The smallest absolute Gasteiger partial charge is 0.254 e. The van der Waals surface area contributed by atoms with Gasteiger partial charge in [0.15, 0.2) is 0 Å². The quantitative estimate of drug-likeness (QED) is 0.748. The van der Waals surface area contributed by atoms with Crippen LogP contribution in [0.25, 0.3) is 0 Å². The van der Waals surface area contributed by atoms with Gasteiger partial charge in [0, 0.05) is 25.8 Å². The van der Waals surface area contributed by atoms with Crippen LogP contribution in [-0.2, 0) is 7.05 Å². The zero-order valence-corrected chi connectivity index (χ0v) is 9.73. The Hall–Kier alpha value is -1.36. The lowest BCUT2D eigenvalue weighted by molar-refractivity contribution is 0.0915. The Kier molecular flexibility index (Phi) is 3.24. The fraction of sp³-hybridized carbons (Fsp3) is 0.636. The van der Waals surface area contributed by atoms with Crippen molar-refractivity contribution in [3.63, 3.8) is 0 Å². The minimum absolute atomic E-state index is 0.0337. The van der Waals surface area contributed by atoms with E-state index in [-0.39, 0.29) is 11.9 Å². The molecule has 2 atom stereocenters. The molecule has 0 spiro atoms. The largest absolute Gasteiger partial charge is 0.348 e. The maximum Gasteiger partial charge on any atom is 0.254 e. The van der Waals surface area contributed by atoms with Crippen molar-refractivity contribution in [2.75, 3.05) is 13.1 Å². The van der Waals surface area contributed by atoms with Crippen LogP contribution in [0.5, 0.6) is 0 Å². The van der Waals surface area contributed by atoms with E-state index in [1.54, 1.807) is 17.1 Å². The second-order valence-corrected chi connectivity index (χ2v) is 4.45. The van der Waals surface area contributed by atoms with E-state index in [4.69, 9.17) is 0 Å². The summed E-state index contributed by atoms with van der Waals surface area (Å²) in [5.41, 5.74) is 0.625. The van der Waals surface area contributed by atoms with Crippen molar-refractivity contribution >= 4 is 5.91 Å². The first kappa shape index (κ1) is 11.1. The predicted molar refractivity (Wildman–Crippen MR) is 61.1 cm³/mol. The van der Waals surface area contributed by atoms with E-state index in [9.17, 15) is 4.79 Å². The first-order chi connectivity index (χ1) is 7.66. The lowest BCUT2D eigenvalue weighted by atomic mass is 9.94. The van der Waals surface area contributed by atoms with E-state index in [1.807, 2.05) is 7.05 Å². The van der Waals surface area contributed by atoms with Gasteiger partial charge in [-0.25, -0.2) is 0 Å². The fourth-order valence-corrected chi connectivity index (χ4v) is 1.97. The summed E-state index contributed by atoms with van der Waals surface area (Å²) in [4.78, 5) is 11.9. The molecule has 5 heteroatoms. The molecule has 5 nitrogen and oxygen atoms in total. The van der Waals surface area contributed by atoms with Gasteiger partial charge in [0.05, 0.1) is 11.8 Å². The summed E-state index contributed by atoms with van der Waals surface area (Å²) >= 11 is 0. The van der Waals surface area contributed by atoms with Crippen LogP contribution in [0.15, 0.2) is 12.4 Å². The van der Waals surface area contributed by atoms with Crippen LogP contribution in [0.1, 0.15) is 23.7 Å². The first-order valence-electron chi connectivity index (χ1n) is 5.67. The van der Waals surface area contributed by atoms with Crippen molar-refractivity contribution in [3.8, 4) is 0 Å². The molecule has 1 saturated heterocycles. The fourth-order valence-electron chi connectivity index (χ4n) is 1.97. The highest BCUT2D eigenvalue weighted by atomic mass is 16.1. The van der Waals surface area contributed by atoms with Gasteiger partial charge in [-0.05, 0) is 18.9 Å². The predicted octanol–water partition coefficient (Wildman–Crippen LogP) is 0.148. The number of hydrogen-bond donors (Lipinski definition) is 2. The highest BCUT2D eigenvalue weighted by molar-refractivity contribution is 5.93. The standard InChI is InChI=1S/C11H18N4O/c1-8-3-4-12-6-10(8)14-11(16)9-5-13-15(2)7-9/h5,7-8,10,12H,3-4,6H2,1-2H3,(H,14,16). The zero-order chi connectivity index (χ0) is 11.5. The second kappa shape index (κ2) is 4.65. The lowest BCUT2D eigenvalue weighted by Gasteiger charge is -2.30. The molecule has 1 aliphatic rings. The molecule has 0 saturated carbocycles. The summed E-state index contributed by atoms with van der Waals surface area (Å²) in [6, 6.07) is 0.224. The van der Waals surface area contributed by atoms with Gasteiger partial charge >= 0.3 is 0 Å². The molecule has 1 aromatic heterocycles. The van der Waals surface area contributed by atoms with Crippen LogP contribution in [-0.4, -0.2) is 34.8 Å². The molecule has 1 aliphatic heterocycles. The number of aromatic nitrogens is 2. The van der Waals surface area contributed by atoms with Crippen molar-refractivity contribution in [2.45, 2.75) is 19.4 Å². The molecular weight excluding hydrogens is 204 g/mol.